The number of hydrogen-bond acceptors (Lipinski definition) is 4. The molecule has 21 heavy (non-hydrogen) atoms. The third kappa shape index (κ3) is 5.45. The number of nitrogens with one attached hydrogen (secondary N) is 1. The molecule has 0 atom stereocenters. The summed E-state index contributed by atoms with van der Waals surface area (Å²) in [5.41, 5.74) is 0.416. The average Bonchev–Trinajstić information content (AvgIpc) is 2.34. The van der Waals surface area contributed by atoms with E-state index in [1.807, 2.05) is 20.8 Å². The van der Waals surface area contributed by atoms with Crippen molar-refractivity contribution in [3.05, 3.63) is 29.3 Å². The van der Waals surface area contributed by atoms with Crippen molar-refractivity contribution in [3.8, 4) is 0 Å². The van der Waals surface area contributed by atoms with Gasteiger partial charge in [-0.15, -0.1) is 0 Å². The van der Waals surface area contributed by atoms with Gasteiger partial charge in [-0.1, -0.05) is 0 Å². The lowest BCUT2D eigenvalue weighted by Gasteiger charge is -2.24. The molecule has 0 aliphatic rings. The van der Waals surface area contributed by atoms with Crippen LogP contribution in [0.4, 0.5) is 0 Å². The molecule has 0 unspecified atom stereocenters. The molecule has 1 amide bonds. The second-order valence-electron chi connectivity index (χ2n) is 5.46. The van der Waals surface area contributed by atoms with Crippen LogP contribution in [0.1, 0.15) is 36.7 Å². The second-order valence-corrected chi connectivity index (χ2v) is 7.02. The van der Waals surface area contributed by atoms with Gasteiger partial charge < -0.3 is 10.1 Å². The zero-order valence-corrected chi connectivity index (χ0v) is 13.6. The van der Waals surface area contributed by atoms with E-state index in [1.54, 1.807) is 13.0 Å². The summed E-state index contributed by atoms with van der Waals surface area (Å²) in [6, 6.07) is 4.30. The highest BCUT2D eigenvalue weighted by Gasteiger charge is 2.20. The van der Waals surface area contributed by atoms with E-state index in [0.717, 1.165) is 0 Å². The Morgan fingerprint density at radius 3 is 2.48 bits per heavy atom. The molecule has 0 heterocycles. The van der Waals surface area contributed by atoms with Crippen molar-refractivity contribution >= 4 is 15.9 Å². The van der Waals surface area contributed by atoms with Crippen molar-refractivity contribution in [1.29, 1.82) is 0 Å². The van der Waals surface area contributed by atoms with Gasteiger partial charge in [0.25, 0.3) is 5.91 Å². The molecule has 6 nitrogen and oxygen atoms in total. The van der Waals surface area contributed by atoms with Crippen LogP contribution in [0.25, 0.3) is 0 Å². The second kappa shape index (κ2) is 6.55. The SMILES string of the molecule is CCOC(C)(C)CNC(=O)c1cc(C)cc(S(N)(=O)=O)c1. The fourth-order valence-corrected chi connectivity index (χ4v) is 2.52. The average molecular weight is 314 g/mol. The molecule has 1 rings (SSSR count). The summed E-state index contributed by atoms with van der Waals surface area (Å²) in [7, 11) is -3.84. The summed E-state index contributed by atoms with van der Waals surface area (Å²) < 4.78 is 28.3. The summed E-state index contributed by atoms with van der Waals surface area (Å²) in [5.74, 6) is -0.364. The standard InChI is InChI=1S/C14H22N2O4S/c1-5-20-14(3,4)9-16-13(17)11-6-10(2)7-12(8-11)21(15,18)19/h6-8H,5,9H2,1-4H3,(H,16,17)(H2,15,18,19). The van der Waals surface area contributed by atoms with E-state index in [0.29, 0.717) is 18.7 Å². The Morgan fingerprint density at radius 1 is 1.33 bits per heavy atom. The molecule has 0 saturated heterocycles. The number of hydrogen-bond donors (Lipinski definition) is 2. The monoisotopic (exact) mass is 314 g/mol. The smallest absolute Gasteiger partial charge is 0.251 e. The Hall–Kier alpha value is -1.44. The van der Waals surface area contributed by atoms with Gasteiger partial charge in [-0.3, -0.25) is 4.79 Å². The summed E-state index contributed by atoms with van der Waals surface area (Å²) in [6.07, 6.45) is 0. The fourth-order valence-electron chi connectivity index (χ4n) is 1.88. The first kappa shape index (κ1) is 17.6. The van der Waals surface area contributed by atoms with Gasteiger partial charge in [0, 0.05) is 18.7 Å². The lowest BCUT2D eigenvalue weighted by Crippen LogP contribution is -2.40. The van der Waals surface area contributed by atoms with E-state index in [-0.39, 0.29) is 16.4 Å². The van der Waals surface area contributed by atoms with Crippen LogP contribution in [0, 0.1) is 6.92 Å². The van der Waals surface area contributed by atoms with Crippen molar-refractivity contribution in [2.75, 3.05) is 13.2 Å². The Labute approximate surface area is 125 Å². The first-order chi connectivity index (χ1) is 9.55. The number of primary sulfonamides is 1. The Kier molecular flexibility index (Phi) is 5.49. The van der Waals surface area contributed by atoms with E-state index in [9.17, 15) is 13.2 Å². The predicted molar refractivity (Wildman–Crippen MR) is 80.6 cm³/mol. The molecule has 0 aliphatic carbocycles. The van der Waals surface area contributed by atoms with Crippen molar-refractivity contribution < 1.29 is 17.9 Å². The molecule has 1 aromatic rings. The van der Waals surface area contributed by atoms with Gasteiger partial charge in [0.05, 0.1) is 10.5 Å². The van der Waals surface area contributed by atoms with Crippen LogP contribution in [0.5, 0.6) is 0 Å². The van der Waals surface area contributed by atoms with Crippen LogP contribution in [0.2, 0.25) is 0 Å². The molecule has 0 fully saturated rings. The van der Waals surface area contributed by atoms with Gasteiger partial charge in [0.1, 0.15) is 0 Å². The largest absolute Gasteiger partial charge is 0.374 e. The van der Waals surface area contributed by atoms with Gasteiger partial charge in [0.2, 0.25) is 10.0 Å². The molecule has 0 bridgehead atoms. The molecule has 0 saturated carbocycles. The first-order valence-electron chi connectivity index (χ1n) is 6.62. The van der Waals surface area contributed by atoms with Crippen molar-refractivity contribution in [3.63, 3.8) is 0 Å². The van der Waals surface area contributed by atoms with Gasteiger partial charge in [-0.05, 0) is 51.5 Å². The minimum Gasteiger partial charge on any atom is -0.374 e. The summed E-state index contributed by atoms with van der Waals surface area (Å²) in [5, 5.41) is 7.83. The minimum atomic E-state index is -3.84. The van der Waals surface area contributed by atoms with Crippen molar-refractivity contribution in [2.45, 2.75) is 38.2 Å². The molecule has 0 radical (unpaired) electrons. The van der Waals surface area contributed by atoms with Gasteiger partial charge >= 0.3 is 0 Å². The highest BCUT2D eigenvalue weighted by molar-refractivity contribution is 7.89. The molecule has 0 aromatic heterocycles. The molecule has 1 aromatic carbocycles. The highest BCUT2D eigenvalue weighted by Crippen LogP contribution is 2.14. The topological polar surface area (TPSA) is 98.5 Å². The molecule has 7 heteroatoms. The lowest BCUT2D eigenvalue weighted by molar-refractivity contribution is -0.00815. The molecule has 0 spiro atoms. The zero-order chi connectivity index (χ0) is 16.3. The molecular formula is C14H22N2O4S. The zero-order valence-electron chi connectivity index (χ0n) is 12.8. The molecule has 118 valence electrons. The molecule has 3 N–H and O–H groups in total. The van der Waals surface area contributed by atoms with Crippen LogP contribution in [0.15, 0.2) is 23.1 Å². The normalized spacial score (nSPS) is 12.2. The minimum absolute atomic E-state index is 0.0725. The number of rotatable bonds is 6. The number of amides is 1. The van der Waals surface area contributed by atoms with Crippen molar-refractivity contribution in [2.24, 2.45) is 5.14 Å². The quantitative estimate of drug-likeness (QED) is 0.824. The third-order valence-electron chi connectivity index (χ3n) is 2.85. The number of aryl methyl sites for hydroxylation is 1. The van der Waals surface area contributed by atoms with Crippen LogP contribution in [-0.4, -0.2) is 33.1 Å². The Bertz CT molecular complexity index is 624. The number of carbonyl (C=O) groups excluding carboxylic acids is 1. The van der Waals surface area contributed by atoms with E-state index >= 15 is 0 Å². The maximum atomic E-state index is 12.1. The van der Waals surface area contributed by atoms with E-state index < -0.39 is 15.6 Å². The summed E-state index contributed by atoms with van der Waals surface area (Å²) in [4.78, 5) is 12.1. The number of benzene rings is 1. The molecular weight excluding hydrogens is 292 g/mol. The maximum Gasteiger partial charge on any atom is 0.251 e. The van der Waals surface area contributed by atoms with Crippen molar-refractivity contribution in [1.82, 2.24) is 5.32 Å². The van der Waals surface area contributed by atoms with Gasteiger partial charge in [-0.25, -0.2) is 13.6 Å². The maximum absolute atomic E-state index is 12.1. The van der Waals surface area contributed by atoms with Crippen LogP contribution < -0.4 is 10.5 Å². The number of sulfonamides is 1. The van der Waals surface area contributed by atoms with E-state index in [1.165, 1.54) is 12.1 Å². The lowest BCUT2D eigenvalue weighted by atomic mass is 10.1. The Balaban J connectivity index is 2.91. The summed E-state index contributed by atoms with van der Waals surface area (Å²) in [6.45, 7) is 8.17. The number of ether oxygens (including phenoxy) is 1. The third-order valence-corrected chi connectivity index (χ3v) is 3.74. The van der Waals surface area contributed by atoms with Crippen LogP contribution in [0.3, 0.4) is 0 Å². The predicted octanol–water partition coefficient (Wildman–Crippen LogP) is 1.19. The number of carbonyl (C=O) groups is 1. The summed E-state index contributed by atoms with van der Waals surface area (Å²) >= 11 is 0. The van der Waals surface area contributed by atoms with Gasteiger partial charge in [-0.2, -0.15) is 0 Å². The van der Waals surface area contributed by atoms with Gasteiger partial charge in [0.15, 0.2) is 0 Å². The van der Waals surface area contributed by atoms with Crippen LogP contribution >= 0.6 is 0 Å². The van der Waals surface area contributed by atoms with E-state index in [4.69, 9.17) is 9.88 Å². The Morgan fingerprint density at radius 2 is 1.95 bits per heavy atom. The van der Waals surface area contributed by atoms with E-state index in [2.05, 4.69) is 5.32 Å². The number of nitrogens with two attached hydrogens (primary N) is 1. The van der Waals surface area contributed by atoms with Crippen LogP contribution in [-0.2, 0) is 14.8 Å². The highest BCUT2D eigenvalue weighted by atomic mass is 32.2. The molecule has 0 aliphatic heterocycles. The first-order valence-corrected chi connectivity index (χ1v) is 8.16. The fraction of sp³-hybridized carbons (Fsp3) is 0.500.